The molecule has 0 N–H and O–H groups in total. The quantitative estimate of drug-likeness (QED) is 0.399. The van der Waals surface area contributed by atoms with Crippen LogP contribution in [0.4, 0.5) is 0 Å². The Morgan fingerprint density at radius 2 is 1.36 bits per heavy atom. The van der Waals surface area contributed by atoms with E-state index in [9.17, 15) is 0 Å². The molecule has 0 amide bonds. The average Bonchev–Trinajstić information content (AvgIpc) is 2.03. The Kier molecular flexibility index (Phi) is 8.57. The molecule has 0 saturated carbocycles. The fourth-order valence-corrected chi connectivity index (χ4v) is 0.760. The van der Waals surface area contributed by atoms with Gasteiger partial charge in [0.2, 0.25) is 0 Å². The Bertz CT molecular complexity index is 129. The second-order valence-corrected chi connectivity index (χ2v) is 2.39. The van der Waals surface area contributed by atoms with E-state index < -0.39 is 0 Å². The number of allylic oxidation sites excluding steroid dienone is 5. The van der Waals surface area contributed by atoms with Gasteiger partial charge < -0.3 is 0 Å². The number of hydrogen-bond donors (Lipinski definition) is 0. The van der Waals surface area contributed by atoms with Crippen molar-refractivity contribution in [2.45, 2.75) is 25.7 Å². The summed E-state index contributed by atoms with van der Waals surface area (Å²) in [5.41, 5.74) is 0. The molecule has 0 nitrogen and oxygen atoms in total. The predicted octanol–water partition coefficient (Wildman–Crippen LogP) is 3.68. The van der Waals surface area contributed by atoms with Crippen molar-refractivity contribution in [1.29, 1.82) is 0 Å². The van der Waals surface area contributed by atoms with Crippen LogP contribution in [0, 0.1) is 6.92 Å². The van der Waals surface area contributed by atoms with Gasteiger partial charge in [0.25, 0.3) is 0 Å². The SMILES string of the molecule is [CH2]C=CCCC=CCCC=C. The van der Waals surface area contributed by atoms with Crippen molar-refractivity contribution >= 4 is 0 Å². The van der Waals surface area contributed by atoms with Crippen LogP contribution < -0.4 is 0 Å². The molecule has 11 heavy (non-hydrogen) atoms. The van der Waals surface area contributed by atoms with E-state index >= 15 is 0 Å². The molecule has 0 rings (SSSR count). The molecule has 61 valence electrons. The van der Waals surface area contributed by atoms with Gasteiger partial charge in [0, 0.05) is 0 Å². The molecule has 0 fully saturated rings. The zero-order chi connectivity index (χ0) is 8.36. The molecular weight excluding hydrogens is 132 g/mol. The standard InChI is InChI=1S/C11H17/c1-3-5-7-9-11-10-8-6-4-2/h3-5,10-11H,1-2,6-9H2. The highest BCUT2D eigenvalue weighted by Gasteiger charge is 1.76. The third kappa shape index (κ3) is 9.22. The molecule has 0 aromatic carbocycles. The first-order valence-corrected chi connectivity index (χ1v) is 4.12. The maximum Gasteiger partial charge on any atom is -0.0316 e. The van der Waals surface area contributed by atoms with E-state index in [2.05, 4.69) is 31.7 Å². The summed E-state index contributed by atoms with van der Waals surface area (Å²) >= 11 is 0. The Morgan fingerprint density at radius 3 is 1.91 bits per heavy atom. The molecule has 1 radical (unpaired) electrons. The van der Waals surface area contributed by atoms with Crippen molar-refractivity contribution in [3.8, 4) is 0 Å². The lowest BCUT2D eigenvalue weighted by Crippen LogP contribution is -1.66. The molecule has 0 heteroatoms. The van der Waals surface area contributed by atoms with Gasteiger partial charge in [0.05, 0.1) is 0 Å². The topological polar surface area (TPSA) is 0 Å². The van der Waals surface area contributed by atoms with Crippen molar-refractivity contribution in [2.75, 3.05) is 0 Å². The minimum Gasteiger partial charge on any atom is -0.103 e. The maximum absolute atomic E-state index is 3.65. The van der Waals surface area contributed by atoms with Crippen molar-refractivity contribution in [3.63, 3.8) is 0 Å². The lowest BCUT2D eigenvalue weighted by molar-refractivity contribution is 1.01. The molecule has 0 spiro atoms. The Morgan fingerprint density at radius 1 is 0.818 bits per heavy atom. The van der Waals surface area contributed by atoms with Gasteiger partial charge >= 0.3 is 0 Å². The molecule has 0 saturated heterocycles. The zero-order valence-electron chi connectivity index (χ0n) is 7.13. The molecule has 0 atom stereocenters. The minimum absolute atomic E-state index is 1.08. The summed E-state index contributed by atoms with van der Waals surface area (Å²) in [4.78, 5) is 0. The van der Waals surface area contributed by atoms with Gasteiger partial charge in [-0.05, 0) is 32.6 Å². The van der Waals surface area contributed by atoms with Crippen LogP contribution in [0.1, 0.15) is 25.7 Å². The van der Waals surface area contributed by atoms with E-state index in [-0.39, 0.29) is 0 Å². The molecule has 0 aromatic heterocycles. The second kappa shape index (κ2) is 9.22. The van der Waals surface area contributed by atoms with E-state index in [1.165, 1.54) is 0 Å². The Labute approximate surface area is 70.3 Å². The summed E-state index contributed by atoms with van der Waals surface area (Å²) in [6, 6.07) is 0. The van der Waals surface area contributed by atoms with E-state index in [0.29, 0.717) is 0 Å². The summed E-state index contributed by atoms with van der Waals surface area (Å²) in [6.07, 6.45) is 14.7. The third-order valence-corrected chi connectivity index (χ3v) is 1.37. The van der Waals surface area contributed by atoms with Gasteiger partial charge in [-0.1, -0.05) is 30.4 Å². The number of rotatable bonds is 6. The van der Waals surface area contributed by atoms with Crippen LogP contribution >= 0.6 is 0 Å². The molecular formula is C11H17. The van der Waals surface area contributed by atoms with Crippen LogP contribution in [-0.4, -0.2) is 0 Å². The summed E-state index contributed by atoms with van der Waals surface area (Å²) in [6.45, 7) is 7.27. The van der Waals surface area contributed by atoms with Gasteiger partial charge in [-0.2, -0.15) is 0 Å². The number of unbranched alkanes of at least 4 members (excludes halogenated alkanes) is 2. The lowest BCUT2D eigenvalue weighted by Gasteiger charge is -1.86. The highest BCUT2D eigenvalue weighted by Crippen LogP contribution is 1.96. The lowest BCUT2D eigenvalue weighted by atomic mass is 10.2. The van der Waals surface area contributed by atoms with Crippen LogP contribution in [0.15, 0.2) is 37.0 Å². The average molecular weight is 149 g/mol. The molecule has 0 aliphatic rings. The summed E-state index contributed by atoms with van der Waals surface area (Å²) in [5, 5.41) is 0. The van der Waals surface area contributed by atoms with E-state index in [1.54, 1.807) is 0 Å². The van der Waals surface area contributed by atoms with Gasteiger partial charge in [0.15, 0.2) is 0 Å². The largest absolute Gasteiger partial charge is 0.103 e. The van der Waals surface area contributed by atoms with Crippen molar-refractivity contribution in [3.05, 3.63) is 43.9 Å². The van der Waals surface area contributed by atoms with Crippen molar-refractivity contribution in [1.82, 2.24) is 0 Å². The molecule has 0 heterocycles. The van der Waals surface area contributed by atoms with Crippen LogP contribution in [0.2, 0.25) is 0 Å². The van der Waals surface area contributed by atoms with Crippen LogP contribution in [0.5, 0.6) is 0 Å². The maximum atomic E-state index is 3.65. The highest BCUT2D eigenvalue weighted by molar-refractivity contribution is 4.89. The Balaban J connectivity index is 3.09. The zero-order valence-corrected chi connectivity index (χ0v) is 7.13. The van der Waals surface area contributed by atoms with E-state index in [0.717, 1.165) is 25.7 Å². The minimum atomic E-state index is 1.08. The first-order chi connectivity index (χ1) is 5.41. The molecule has 0 unspecified atom stereocenters. The summed E-state index contributed by atoms with van der Waals surface area (Å²) in [7, 11) is 0. The van der Waals surface area contributed by atoms with Crippen molar-refractivity contribution in [2.24, 2.45) is 0 Å². The van der Waals surface area contributed by atoms with Crippen LogP contribution in [0.25, 0.3) is 0 Å². The first-order valence-electron chi connectivity index (χ1n) is 4.12. The smallest absolute Gasteiger partial charge is 0.0316 e. The fraction of sp³-hybridized carbons (Fsp3) is 0.364. The predicted molar refractivity (Wildman–Crippen MR) is 52.3 cm³/mol. The van der Waals surface area contributed by atoms with Gasteiger partial charge in [-0.3, -0.25) is 0 Å². The molecule has 0 aliphatic heterocycles. The second-order valence-electron chi connectivity index (χ2n) is 2.39. The van der Waals surface area contributed by atoms with Gasteiger partial charge in [-0.25, -0.2) is 0 Å². The monoisotopic (exact) mass is 149 g/mol. The first kappa shape index (κ1) is 10.2. The third-order valence-electron chi connectivity index (χ3n) is 1.37. The Hall–Kier alpha value is -0.780. The molecule has 0 bridgehead atoms. The van der Waals surface area contributed by atoms with Gasteiger partial charge in [0.1, 0.15) is 0 Å². The number of hydrogen-bond acceptors (Lipinski definition) is 0. The van der Waals surface area contributed by atoms with Crippen LogP contribution in [-0.2, 0) is 0 Å². The summed E-state index contributed by atoms with van der Waals surface area (Å²) in [5.74, 6) is 0. The fourth-order valence-electron chi connectivity index (χ4n) is 0.760. The molecule has 0 aliphatic carbocycles. The van der Waals surface area contributed by atoms with E-state index in [1.807, 2.05) is 12.2 Å². The highest BCUT2D eigenvalue weighted by atomic mass is 13.8. The molecule has 0 aromatic rings. The van der Waals surface area contributed by atoms with E-state index in [4.69, 9.17) is 0 Å². The normalized spacial score (nSPS) is 11.4. The van der Waals surface area contributed by atoms with Crippen LogP contribution in [0.3, 0.4) is 0 Å². The van der Waals surface area contributed by atoms with Crippen molar-refractivity contribution < 1.29 is 0 Å². The summed E-state index contributed by atoms with van der Waals surface area (Å²) < 4.78 is 0. The van der Waals surface area contributed by atoms with Gasteiger partial charge in [-0.15, -0.1) is 6.58 Å².